The van der Waals surface area contributed by atoms with Crippen LogP contribution < -0.4 is 5.32 Å². The Hall–Kier alpha value is -0.835. The third kappa shape index (κ3) is 3.59. The molecule has 0 aromatic carbocycles. The van der Waals surface area contributed by atoms with E-state index >= 15 is 0 Å². The van der Waals surface area contributed by atoms with Crippen LogP contribution in [-0.2, 0) is 9.59 Å². The van der Waals surface area contributed by atoms with Crippen LogP contribution in [0.1, 0.15) is 12.8 Å². The minimum absolute atomic E-state index is 0.265. The molecule has 0 saturated carbocycles. The van der Waals surface area contributed by atoms with Crippen LogP contribution in [0.2, 0.25) is 0 Å². The lowest BCUT2D eigenvalue weighted by Gasteiger charge is -2.30. The lowest BCUT2D eigenvalue weighted by atomic mass is 10.00. The predicted octanol–water partition coefficient (Wildman–Crippen LogP) is -1.11. The second kappa shape index (κ2) is 5.02. The van der Waals surface area contributed by atoms with Crippen molar-refractivity contribution in [3.05, 3.63) is 0 Å². The number of rotatable bonds is 4. The SMILES string of the molecule is [B]C(=O)CN1CCC(NC=O)CC1. The molecule has 70 valence electrons. The molecule has 1 fully saturated rings. The second-order valence-corrected chi connectivity index (χ2v) is 3.30. The first kappa shape index (κ1) is 10.2. The molecule has 1 rings (SSSR count). The average molecular weight is 180 g/mol. The highest BCUT2D eigenvalue weighted by molar-refractivity contribution is 6.58. The van der Waals surface area contributed by atoms with E-state index in [0.29, 0.717) is 6.54 Å². The maximum atomic E-state index is 10.6. The van der Waals surface area contributed by atoms with Gasteiger partial charge in [-0.1, -0.05) is 0 Å². The van der Waals surface area contributed by atoms with Crippen LogP contribution in [0, 0.1) is 0 Å². The van der Waals surface area contributed by atoms with E-state index in [0.717, 1.165) is 32.3 Å². The summed E-state index contributed by atoms with van der Waals surface area (Å²) in [6.07, 6.45) is 2.52. The topological polar surface area (TPSA) is 49.4 Å². The van der Waals surface area contributed by atoms with Crippen LogP contribution in [0.3, 0.4) is 0 Å². The van der Waals surface area contributed by atoms with Crippen molar-refractivity contribution in [2.24, 2.45) is 0 Å². The first-order valence-electron chi connectivity index (χ1n) is 4.42. The standard InChI is InChI=1S/C8H13BN2O2/c9-8(13)5-11-3-1-7(2-4-11)10-6-12/h6-7H,1-5H2,(H,10,12). The van der Waals surface area contributed by atoms with Crippen LogP contribution in [0.25, 0.3) is 0 Å². The number of carbonyl (C=O) groups is 2. The quantitative estimate of drug-likeness (QED) is 0.441. The van der Waals surface area contributed by atoms with E-state index in [1.807, 2.05) is 4.90 Å². The number of nitrogens with one attached hydrogen (secondary N) is 1. The Morgan fingerprint density at radius 1 is 1.54 bits per heavy atom. The summed E-state index contributed by atoms with van der Waals surface area (Å²) in [4.78, 5) is 22.7. The van der Waals surface area contributed by atoms with Crippen molar-refractivity contribution in [1.82, 2.24) is 10.2 Å². The number of piperidine rings is 1. The summed E-state index contributed by atoms with van der Waals surface area (Å²) in [6, 6.07) is 0.265. The molecule has 1 aliphatic rings. The minimum atomic E-state index is -0.290. The Labute approximate surface area is 79.1 Å². The molecule has 2 radical (unpaired) electrons. The van der Waals surface area contributed by atoms with Gasteiger partial charge in [0, 0.05) is 25.7 Å². The number of carbonyl (C=O) groups excluding carboxylic acids is 2. The number of hydrogen-bond acceptors (Lipinski definition) is 3. The smallest absolute Gasteiger partial charge is 0.207 e. The zero-order valence-electron chi connectivity index (χ0n) is 7.53. The molecule has 1 N–H and O–H groups in total. The number of hydrogen-bond donors (Lipinski definition) is 1. The molecule has 0 aromatic heterocycles. The van der Waals surface area contributed by atoms with Gasteiger partial charge in [0.15, 0.2) is 7.85 Å². The monoisotopic (exact) mass is 180 g/mol. The van der Waals surface area contributed by atoms with Gasteiger partial charge in [-0.25, -0.2) is 0 Å². The summed E-state index contributed by atoms with van der Waals surface area (Å²) in [5, 5.41) is 2.73. The third-order valence-electron chi connectivity index (χ3n) is 2.27. The summed E-state index contributed by atoms with van der Waals surface area (Å²) in [5.41, 5.74) is -0.290. The van der Waals surface area contributed by atoms with Crippen molar-refractivity contribution in [2.75, 3.05) is 19.6 Å². The molecule has 0 atom stereocenters. The summed E-state index contributed by atoms with van der Waals surface area (Å²) >= 11 is 0. The summed E-state index contributed by atoms with van der Waals surface area (Å²) < 4.78 is 0. The van der Waals surface area contributed by atoms with Gasteiger partial charge in [-0.2, -0.15) is 0 Å². The van der Waals surface area contributed by atoms with Gasteiger partial charge < -0.3 is 10.1 Å². The zero-order valence-corrected chi connectivity index (χ0v) is 7.53. The fraction of sp³-hybridized carbons (Fsp3) is 0.750. The second-order valence-electron chi connectivity index (χ2n) is 3.30. The molecule has 0 aliphatic carbocycles. The molecule has 5 heteroatoms. The minimum Gasteiger partial charge on any atom is -0.356 e. The van der Waals surface area contributed by atoms with Crippen molar-refractivity contribution in [3.8, 4) is 0 Å². The maximum Gasteiger partial charge on any atom is 0.207 e. The molecular formula is C8H13BN2O2. The van der Waals surface area contributed by atoms with Crippen LogP contribution in [0.15, 0.2) is 0 Å². The van der Waals surface area contributed by atoms with Crippen molar-refractivity contribution in [1.29, 1.82) is 0 Å². The summed E-state index contributed by atoms with van der Waals surface area (Å²) in [6.45, 7) is 1.98. The molecule has 1 heterocycles. The third-order valence-corrected chi connectivity index (χ3v) is 2.27. The summed E-state index contributed by atoms with van der Waals surface area (Å²) in [5.74, 6) is 0. The first-order chi connectivity index (χ1) is 6.22. The van der Waals surface area contributed by atoms with Crippen molar-refractivity contribution in [3.63, 3.8) is 0 Å². The van der Waals surface area contributed by atoms with E-state index in [2.05, 4.69) is 5.32 Å². The fourth-order valence-electron chi connectivity index (χ4n) is 1.57. The van der Waals surface area contributed by atoms with Crippen molar-refractivity contribution >= 4 is 19.9 Å². The van der Waals surface area contributed by atoms with Gasteiger partial charge in [0.1, 0.15) is 0 Å². The lowest BCUT2D eigenvalue weighted by molar-refractivity contribution is -0.113. The Morgan fingerprint density at radius 2 is 2.15 bits per heavy atom. The molecule has 4 nitrogen and oxygen atoms in total. The van der Waals surface area contributed by atoms with Crippen molar-refractivity contribution < 1.29 is 9.59 Å². The molecule has 0 unspecified atom stereocenters. The van der Waals surface area contributed by atoms with E-state index in [1.165, 1.54) is 0 Å². The van der Waals surface area contributed by atoms with Gasteiger partial charge in [-0.15, -0.1) is 0 Å². The van der Waals surface area contributed by atoms with Gasteiger partial charge in [0.2, 0.25) is 6.41 Å². The molecule has 0 aromatic rings. The highest BCUT2D eigenvalue weighted by Gasteiger charge is 2.18. The Balaban J connectivity index is 2.22. The zero-order chi connectivity index (χ0) is 9.68. The van der Waals surface area contributed by atoms with E-state index < -0.39 is 0 Å². The van der Waals surface area contributed by atoms with Gasteiger partial charge in [-0.05, 0) is 12.8 Å². The Kier molecular flexibility index (Phi) is 3.95. The molecular weight excluding hydrogens is 167 g/mol. The fourth-order valence-corrected chi connectivity index (χ4v) is 1.57. The number of likely N-dealkylation sites (tertiary alicyclic amines) is 1. The van der Waals surface area contributed by atoms with Gasteiger partial charge in [0.25, 0.3) is 0 Å². The van der Waals surface area contributed by atoms with Gasteiger partial charge >= 0.3 is 0 Å². The average Bonchev–Trinajstić information content (AvgIpc) is 2.08. The van der Waals surface area contributed by atoms with E-state index in [4.69, 9.17) is 7.85 Å². The molecule has 13 heavy (non-hydrogen) atoms. The van der Waals surface area contributed by atoms with Crippen LogP contribution in [0.5, 0.6) is 0 Å². The van der Waals surface area contributed by atoms with Crippen LogP contribution >= 0.6 is 0 Å². The number of nitrogens with zero attached hydrogens (tertiary/aromatic N) is 1. The van der Waals surface area contributed by atoms with Crippen molar-refractivity contribution in [2.45, 2.75) is 18.9 Å². The van der Waals surface area contributed by atoms with Crippen LogP contribution in [-0.4, -0.2) is 50.5 Å². The van der Waals surface area contributed by atoms with E-state index in [1.54, 1.807) is 0 Å². The normalized spacial score (nSPS) is 19.7. The lowest BCUT2D eigenvalue weighted by Crippen LogP contribution is -2.43. The molecule has 1 aliphatic heterocycles. The highest BCUT2D eigenvalue weighted by atomic mass is 16.1. The molecule has 0 spiro atoms. The van der Waals surface area contributed by atoms with Gasteiger partial charge in [-0.3, -0.25) is 9.69 Å². The van der Waals surface area contributed by atoms with Crippen LogP contribution in [0.4, 0.5) is 0 Å². The molecule has 1 amide bonds. The highest BCUT2D eigenvalue weighted by Crippen LogP contribution is 2.08. The summed E-state index contributed by atoms with van der Waals surface area (Å²) in [7, 11) is 5.06. The first-order valence-corrected chi connectivity index (χ1v) is 4.42. The molecule has 1 saturated heterocycles. The maximum absolute atomic E-state index is 10.6. The predicted molar refractivity (Wildman–Crippen MR) is 49.4 cm³/mol. The Bertz CT molecular complexity index is 191. The number of amides is 1. The van der Waals surface area contributed by atoms with E-state index in [-0.39, 0.29) is 11.7 Å². The largest absolute Gasteiger partial charge is 0.356 e. The Morgan fingerprint density at radius 3 is 2.62 bits per heavy atom. The molecule has 0 bridgehead atoms. The van der Waals surface area contributed by atoms with Gasteiger partial charge in [0.05, 0.1) is 5.68 Å². The van der Waals surface area contributed by atoms with E-state index in [9.17, 15) is 9.59 Å².